The molecule has 1 aromatic carbocycles. The fourth-order valence-electron chi connectivity index (χ4n) is 2.19. The van der Waals surface area contributed by atoms with Gasteiger partial charge in [-0.1, -0.05) is 6.08 Å². The maximum atomic E-state index is 12.6. The number of hydrogen-bond donors (Lipinski definition) is 0. The van der Waals surface area contributed by atoms with E-state index in [-0.39, 0.29) is 36.9 Å². The number of ketones is 1. The zero-order valence-corrected chi connectivity index (χ0v) is 12.4. The van der Waals surface area contributed by atoms with Crippen LogP contribution in [0.5, 0.6) is 11.5 Å². The first-order chi connectivity index (χ1) is 11.0. The highest BCUT2D eigenvalue weighted by molar-refractivity contribution is 6.11. The molecule has 8 heteroatoms. The molecule has 23 heavy (non-hydrogen) atoms. The van der Waals surface area contributed by atoms with Crippen molar-refractivity contribution in [3.63, 3.8) is 0 Å². The predicted molar refractivity (Wildman–Crippen MR) is 78.5 cm³/mol. The topological polar surface area (TPSA) is 105 Å². The highest BCUT2D eigenvalue weighted by atomic mass is 16.7. The van der Waals surface area contributed by atoms with E-state index in [1.807, 2.05) is 0 Å². The highest BCUT2D eigenvalue weighted by Crippen LogP contribution is 2.39. The maximum Gasteiger partial charge on any atom is 0.317 e. The number of benzene rings is 1. The van der Waals surface area contributed by atoms with Crippen molar-refractivity contribution in [3.8, 4) is 11.5 Å². The quantitative estimate of drug-likeness (QED) is 0.189. The molecule has 0 N–H and O–H groups in total. The second-order valence-electron chi connectivity index (χ2n) is 4.67. The van der Waals surface area contributed by atoms with Crippen molar-refractivity contribution in [2.75, 3.05) is 13.4 Å². The lowest BCUT2D eigenvalue weighted by molar-refractivity contribution is -0.385. The van der Waals surface area contributed by atoms with E-state index >= 15 is 0 Å². The summed E-state index contributed by atoms with van der Waals surface area (Å²) in [7, 11) is 0. The lowest BCUT2D eigenvalue weighted by atomic mass is 9.93. The minimum absolute atomic E-state index is 0.0171. The van der Waals surface area contributed by atoms with Crippen LogP contribution in [0.4, 0.5) is 5.69 Å². The second kappa shape index (κ2) is 6.91. The van der Waals surface area contributed by atoms with E-state index < -0.39 is 28.3 Å². The zero-order chi connectivity index (χ0) is 17.0. The van der Waals surface area contributed by atoms with Crippen LogP contribution in [0.15, 0.2) is 24.8 Å². The van der Waals surface area contributed by atoms with E-state index in [9.17, 15) is 19.7 Å². The predicted octanol–water partition coefficient (Wildman–Crippen LogP) is 2.26. The molecular weight excluding hydrogens is 306 g/mol. The summed E-state index contributed by atoms with van der Waals surface area (Å²) >= 11 is 0. The number of esters is 1. The number of nitrogens with zero attached hydrogens (tertiary/aromatic N) is 1. The summed E-state index contributed by atoms with van der Waals surface area (Å²) in [6, 6.07) is 2.34. The molecule has 0 amide bonds. The van der Waals surface area contributed by atoms with E-state index in [2.05, 4.69) is 6.58 Å². The Morgan fingerprint density at radius 2 is 2.09 bits per heavy atom. The van der Waals surface area contributed by atoms with Gasteiger partial charge in [-0.05, 0) is 13.3 Å². The van der Waals surface area contributed by atoms with Crippen LogP contribution >= 0.6 is 0 Å². The first-order valence-electron chi connectivity index (χ1n) is 6.89. The third-order valence-electron chi connectivity index (χ3n) is 3.24. The molecule has 0 radical (unpaired) electrons. The van der Waals surface area contributed by atoms with Crippen molar-refractivity contribution in [3.05, 3.63) is 40.5 Å². The van der Waals surface area contributed by atoms with E-state index in [1.165, 1.54) is 12.1 Å². The Morgan fingerprint density at radius 3 is 2.65 bits per heavy atom. The number of hydrogen-bond acceptors (Lipinski definition) is 7. The summed E-state index contributed by atoms with van der Waals surface area (Å²) in [6.45, 7) is 5.12. The summed E-state index contributed by atoms with van der Waals surface area (Å²) in [4.78, 5) is 35.1. The van der Waals surface area contributed by atoms with E-state index in [0.717, 1.165) is 6.07 Å². The molecule has 1 heterocycles. The summed E-state index contributed by atoms with van der Waals surface area (Å²) in [5, 5.41) is 11.2. The van der Waals surface area contributed by atoms with Gasteiger partial charge in [0.1, 0.15) is 11.5 Å². The fraction of sp³-hybridized carbons (Fsp3) is 0.333. The Kier molecular flexibility index (Phi) is 4.95. The number of allylic oxidation sites excluding steroid dienone is 1. The van der Waals surface area contributed by atoms with Crippen LogP contribution in [-0.2, 0) is 9.53 Å². The Morgan fingerprint density at radius 1 is 1.43 bits per heavy atom. The lowest BCUT2D eigenvalue weighted by Gasteiger charge is -2.13. The molecule has 122 valence electrons. The van der Waals surface area contributed by atoms with Gasteiger partial charge < -0.3 is 14.2 Å². The lowest BCUT2D eigenvalue weighted by Crippen LogP contribution is -2.26. The Balaban J connectivity index is 2.45. The Labute approximate surface area is 131 Å². The van der Waals surface area contributed by atoms with Crippen molar-refractivity contribution in [2.24, 2.45) is 5.92 Å². The number of carbonyl (C=O) groups is 2. The van der Waals surface area contributed by atoms with Crippen LogP contribution in [-0.4, -0.2) is 30.1 Å². The molecule has 0 aliphatic carbocycles. The molecule has 0 aromatic heterocycles. The van der Waals surface area contributed by atoms with Crippen LogP contribution < -0.4 is 9.47 Å². The van der Waals surface area contributed by atoms with Crippen LogP contribution in [0.25, 0.3) is 0 Å². The first-order valence-corrected chi connectivity index (χ1v) is 6.89. The maximum absolute atomic E-state index is 12.6. The van der Waals surface area contributed by atoms with Gasteiger partial charge in [0.15, 0.2) is 17.3 Å². The second-order valence-corrected chi connectivity index (χ2v) is 4.67. The number of carbonyl (C=O) groups excluding carboxylic acids is 2. The van der Waals surface area contributed by atoms with E-state index in [4.69, 9.17) is 14.2 Å². The van der Waals surface area contributed by atoms with Gasteiger partial charge in [-0.3, -0.25) is 19.7 Å². The molecule has 8 nitrogen and oxygen atoms in total. The van der Waals surface area contributed by atoms with Gasteiger partial charge in [0, 0.05) is 6.07 Å². The van der Waals surface area contributed by atoms with Crippen molar-refractivity contribution in [1.29, 1.82) is 0 Å². The largest absolute Gasteiger partial charge is 0.465 e. The molecule has 1 aliphatic rings. The van der Waals surface area contributed by atoms with E-state index in [0.29, 0.717) is 0 Å². The minimum Gasteiger partial charge on any atom is -0.465 e. The molecule has 1 unspecified atom stereocenters. The average molecular weight is 321 g/mol. The SMILES string of the molecule is C=CCC(C(=O)OCC)C(=O)c1cc2c(cc1[N+](=O)[O-])OCO2. The van der Waals surface area contributed by atoms with Gasteiger partial charge in [0.25, 0.3) is 5.69 Å². The fourth-order valence-corrected chi connectivity index (χ4v) is 2.19. The summed E-state index contributed by atoms with van der Waals surface area (Å²) in [5.41, 5.74) is -0.670. The molecule has 0 saturated heterocycles. The van der Waals surface area contributed by atoms with Crippen molar-refractivity contribution in [1.82, 2.24) is 0 Å². The third-order valence-corrected chi connectivity index (χ3v) is 3.24. The average Bonchev–Trinajstić information content (AvgIpc) is 2.98. The van der Waals surface area contributed by atoms with Gasteiger partial charge in [0.05, 0.1) is 17.6 Å². The van der Waals surface area contributed by atoms with Gasteiger partial charge in [0.2, 0.25) is 6.79 Å². The summed E-state index contributed by atoms with van der Waals surface area (Å²) in [5.74, 6) is -2.24. The monoisotopic (exact) mass is 321 g/mol. The van der Waals surface area contributed by atoms with Crippen molar-refractivity contribution >= 4 is 17.4 Å². The number of Topliss-reactive ketones (excluding diaryl/α,β-unsaturated/α-hetero) is 1. The molecule has 0 fully saturated rings. The standard InChI is InChI=1S/C15H15NO7/c1-3-5-9(15(18)21-4-2)14(17)10-6-12-13(23-8-22-12)7-11(10)16(19)20/h3,6-7,9H,1,4-5,8H2,2H3. The number of ether oxygens (including phenoxy) is 3. The summed E-state index contributed by atoms with van der Waals surface area (Å²) < 4.78 is 15.1. The molecule has 0 saturated carbocycles. The summed E-state index contributed by atoms with van der Waals surface area (Å²) in [6.07, 6.45) is 1.40. The van der Waals surface area contributed by atoms with Crippen LogP contribution in [0.2, 0.25) is 0 Å². The molecule has 0 spiro atoms. The van der Waals surface area contributed by atoms with Gasteiger partial charge in [-0.15, -0.1) is 6.58 Å². The zero-order valence-electron chi connectivity index (χ0n) is 12.4. The van der Waals surface area contributed by atoms with Crippen molar-refractivity contribution in [2.45, 2.75) is 13.3 Å². The number of nitro groups is 1. The van der Waals surface area contributed by atoms with Crippen LogP contribution in [0.1, 0.15) is 23.7 Å². The molecular formula is C15H15NO7. The highest BCUT2D eigenvalue weighted by Gasteiger charge is 2.34. The number of rotatable bonds is 7. The number of fused-ring (bicyclic) bond motifs is 1. The number of nitro benzene ring substituents is 1. The van der Waals surface area contributed by atoms with E-state index in [1.54, 1.807) is 6.92 Å². The third kappa shape index (κ3) is 3.31. The Bertz CT molecular complexity index is 668. The first kappa shape index (κ1) is 16.5. The van der Waals surface area contributed by atoms with Gasteiger partial charge in [-0.25, -0.2) is 0 Å². The van der Waals surface area contributed by atoms with Gasteiger partial charge >= 0.3 is 5.97 Å². The Hall–Kier alpha value is -2.90. The molecule has 0 bridgehead atoms. The molecule has 1 aliphatic heterocycles. The normalized spacial score (nSPS) is 13.3. The van der Waals surface area contributed by atoms with Crippen LogP contribution in [0.3, 0.4) is 0 Å². The molecule has 2 rings (SSSR count). The molecule has 1 aromatic rings. The van der Waals surface area contributed by atoms with Crippen molar-refractivity contribution < 1.29 is 28.7 Å². The molecule has 1 atom stereocenters. The minimum atomic E-state index is -1.19. The smallest absolute Gasteiger partial charge is 0.317 e. The van der Waals surface area contributed by atoms with Crippen LogP contribution in [0, 0.1) is 16.0 Å². The van der Waals surface area contributed by atoms with Gasteiger partial charge in [-0.2, -0.15) is 0 Å².